The predicted molar refractivity (Wildman–Crippen MR) is 143 cm³/mol. The molecular weight excluding hydrogens is 462 g/mol. The van der Waals surface area contributed by atoms with Crippen molar-refractivity contribution in [2.75, 3.05) is 18.6 Å². The standard InChI is InChI=1S/C27H41N3O4S/c1-9-11-12-16-28-24(31)23(21-18-19(3)13-14-20(21)4)30(10-2)25(32)22(15-17-35-8)29-26(33)34-27(5,6)7/h2,13-14,18,22-23H,9,11-12,15-17H2,1,3-8H3,(H,28,31)(H,29,33). The van der Waals surface area contributed by atoms with E-state index >= 15 is 0 Å². The maximum Gasteiger partial charge on any atom is 0.408 e. The molecule has 8 heteroatoms. The third-order valence-electron chi connectivity index (χ3n) is 5.29. The van der Waals surface area contributed by atoms with Crippen molar-refractivity contribution < 1.29 is 19.1 Å². The average molecular weight is 504 g/mol. The summed E-state index contributed by atoms with van der Waals surface area (Å²) in [7, 11) is 0. The molecule has 0 aliphatic rings. The number of nitrogens with one attached hydrogen (secondary N) is 2. The SMILES string of the molecule is C#CN(C(=O)C(CCSC)NC(=O)OC(C)(C)C)C(C(=O)NCCCCC)c1cc(C)ccc1C. The van der Waals surface area contributed by atoms with E-state index in [-0.39, 0.29) is 5.91 Å². The van der Waals surface area contributed by atoms with Gasteiger partial charge >= 0.3 is 6.09 Å². The molecule has 0 saturated carbocycles. The molecule has 0 aliphatic carbocycles. The summed E-state index contributed by atoms with van der Waals surface area (Å²) >= 11 is 1.54. The highest BCUT2D eigenvalue weighted by Gasteiger charge is 2.36. The molecule has 2 N–H and O–H groups in total. The molecule has 1 aromatic carbocycles. The number of amides is 3. The Morgan fingerprint density at radius 3 is 2.46 bits per heavy atom. The van der Waals surface area contributed by atoms with Gasteiger partial charge in [0.1, 0.15) is 17.7 Å². The molecule has 0 bridgehead atoms. The van der Waals surface area contributed by atoms with E-state index in [4.69, 9.17) is 11.2 Å². The van der Waals surface area contributed by atoms with Gasteiger partial charge in [0.05, 0.1) is 0 Å². The Hall–Kier alpha value is -2.66. The van der Waals surface area contributed by atoms with Gasteiger partial charge in [0.15, 0.2) is 0 Å². The summed E-state index contributed by atoms with van der Waals surface area (Å²) in [6, 6.07) is 6.21. The highest BCUT2D eigenvalue weighted by Crippen LogP contribution is 2.26. The van der Waals surface area contributed by atoms with Gasteiger partial charge in [-0.15, -0.1) is 0 Å². The zero-order valence-electron chi connectivity index (χ0n) is 22.2. The molecule has 0 aromatic heterocycles. The van der Waals surface area contributed by atoms with Crippen LogP contribution in [0.5, 0.6) is 0 Å². The average Bonchev–Trinajstić information content (AvgIpc) is 2.77. The van der Waals surface area contributed by atoms with Crippen LogP contribution in [0, 0.1) is 26.3 Å². The number of carbonyl (C=O) groups is 3. The number of rotatable bonds is 12. The van der Waals surface area contributed by atoms with Gasteiger partial charge in [-0.3, -0.25) is 14.5 Å². The van der Waals surface area contributed by atoms with Gasteiger partial charge in [-0.25, -0.2) is 4.79 Å². The highest BCUT2D eigenvalue weighted by atomic mass is 32.2. The van der Waals surface area contributed by atoms with Crippen molar-refractivity contribution in [3.8, 4) is 12.5 Å². The molecule has 0 radical (unpaired) electrons. The van der Waals surface area contributed by atoms with Crippen LogP contribution in [0.4, 0.5) is 4.79 Å². The van der Waals surface area contributed by atoms with E-state index < -0.39 is 29.7 Å². The van der Waals surface area contributed by atoms with Gasteiger partial charge in [0.2, 0.25) is 5.91 Å². The number of carbonyl (C=O) groups excluding carboxylic acids is 3. The second-order valence-electron chi connectivity index (χ2n) is 9.58. The fourth-order valence-corrected chi connectivity index (χ4v) is 3.98. The van der Waals surface area contributed by atoms with Crippen LogP contribution in [0.1, 0.15) is 76.1 Å². The second kappa shape index (κ2) is 14.7. The van der Waals surface area contributed by atoms with Crippen LogP contribution in [0.2, 0.25) is 0 Å². The number of nitrogens with zero attached hydrogens (tertiary/aromatic N) is 1. The second-order valence-corrected chi connectivity index (χ2v) is 10.6. The molecule has 35 heavy (non-hydrogen) atoms. The molecule has 7 nitrogen and oxygen atoms in total. The molecular formula is C27H41N3O4S. The number of ether oxygens (including phenoxy) is 1. The van der Waals surface area contributed by atoms with Crippen LogP contribution in [-0.4, -0.2) is 53.0 Å². The highest BCUT2D eigenvalue weighted by molar-refractivity contribution is 7.98. The summed E-state index contributed by atoms with van der Waals surface area (Å²) in [4.78, 5) is 40.7. The van der Waals surface area contributed by atoms with E-state index in [9.17, 15) is 14.4 Å². The number of benzene rings is 1. The number of alkyl carbamates (subject to hydrolysis) is 1. The Bertz CT molecular complexity index is 905. The first-order chi connectivity index (χ1) is 16.4. The lowest BCUT2D eigenvalue weighted by Gasteiger charge is -2.31. The lowest BCUT2D eigenvalue weighted by atomic mass is 9.96. The maximum absolute atomic E-state index is 13.7. The molecule has 194 valence electrons. The Balaban J connectivity index is 3.35. The number of terminal acetylenes is 1. The van der Waals surface area contributed by atoms with E-state index in [0.717, 1.165) is 35.3 Å². The normalized spacial score (nSPS) is 12.7. The lowest BCUT2D eigenvalue weighted by Crippen LogP contribution is -2.51. The van der Waals surface area contributed by atoms with Crippen molar-refractivity contribution in [3.63, 3.8) is 0 Å². The minimum Gasteiger partial charge on any atom is -0.444 e. The monoisotopic (exact) mass is 503 g/mol. The van der Waals surface area contributed by atoms with Gasteiger partial charge in [-0.2, -0.15) is 11.8 Å². The summed E-state index contributed by atoms with van der Waals surface area (Å²) in [5.41, 5.74) is 1.73. The van der Waals surface area contributed by atoms with E-state index in [1.54, 1.807) is 32.5 Å². The zero-order chi connectivity index (χ0) is 26.6. The number of thioether (sulfide) groups is 1. The predicted octanol–water partition coefficient (Wildman–Crippen LogP) is 4.72. The largest absolute Gasteiger partial charge is 0.444 e. The van der Waals surface area contributed by atoms with Crippen LogP contribution >= 0.6 is 11.8 Å². The van der Waals surface area contributed by atoms with E-state index in [1.807, 2.05) is 38.3 Å². The fourth-order valence-electron chi connectivity index (χ4n) is 3.51. The Labute approximate surface area is 215 Å². The Morgan fingerprint density at radius 2 is 1.89 bits per heavy atom. The van der Waals surface area contributed by atoms with Gasteiger partial charge < -0.3 is 15.4 Å². The summed E-state index contributed by atoms with van der Waals surface area (Å²) in [5.74, 6) is -0.258. The molecule has 0 aliphatic heterocycles. The molecule has 0 heterocycles. The number of aryl methyl sites for hydroxylation is 2. The third-order valence-corrected chi connectivity index (χ3v) is 5.94. The smallest absolute Gasteiger partial charge is 0.408 e. The van der Waals surface area contributed by atoms with Gasteiger partial charge in [0.25, 0.3) is 5.91 Å². The Kier molecular flexibility index (Phi) is 12.7. The van der Waals surface area contributed by atoms with Crippen LogP contribution < -0.4 is 10.6 Å². The molecule has 3 amide bonds. The first kappa shape index (κ1) is 30.4. The maximum atomic E-state index is 13.7. The van der Waals surface area contributed by atoms with E-state index in [2.05, 4.69) is 23.6 Å². The van der Waals surface area contributed by atoms with Gasteiger partial charge in [-0.1, -0.05) is 50.0 Å². The van der Waals surface area contributed by atoms with Gasteiger partial charge in [0, 0.05) is 12.6 Å². The van der Waals surface area contributed by atoms with Crippen LogP contribution in [0.25, 0.3) is 0 Å². The molecule has 0 saturated heterocycles. The quantitative estimate of drug-likeness (QED) is 0.245. The van der Waals surface area contributed by atoms with Crippen LogP contribution in [-0.2, 0) is 14.3 Å². The van der Waals surface area contributed by atoms with Crippen molar-refractivity contribution in [2.24, 2.45) is 0 Å². The van der Waals surface area contributed by atoms with Crippen LogP contribution in [0.15, 0.2) is 18.2 Å². The van der Waals surface area contributed by atoms with Crippen molar-refractivity contribution in [1.82, 2.24) is 15.5 Å². The molecule has 2 atom stereocenters. The number of hydrogen-bond acceptors (Lipinski definition) is 5. The van der Waals surface area contributed by atoms with Crippen molar-refractivity contribution >= 4 is 29.7 Å². The van der Waals surface area contributed by atoms with E-state index in [1.165, 1.54) is 0 Å². The fraction of sp³-hybridized carbons (Fsp3) is 0.593. The van der Waals surface area contributed by atoms with Gasteiger partial charge in [-0.05, 0) is 70.6 Å². The van der Waals surface area contributed by atoms with Crippen molar-refractivity contribution in [1.29, 1.82) is 0 Å². The zero-order valence-corrected chi connectivity index (χ0v) is 23.0. The summed E-state index contributed by atoms with van der Waals surface area (Å²) in [5, 5.41) is 5.60. The minimum absolute atomic E-state index is 0.342. The molecule has 2 unspecified atom stereocenters. The lowest BCUT2D eigenvalue weighted by molar-refractivity contribution is -0.138. The first-order valence-electron chi connectivity index (χ1n) is 12.1. The first-order valence-corrected chi connectivity index (χ1v) is 13.5. The summed E-state index contributed by atoms with van der Waals surface area (Å²) < 4.78 is 5.36. The summed E-state index contributed by atoms with van der Waals surface area (Å²) in [6.07, 6.45) is 10.2. The van der Waals surface area contributed by atoms with Crippen molar-refractivity contribution in [2.45, 2.75) is 84.9 Å². The summed E-state index contributed by atoms with van der Waals surface area (Å²) in [6.45, 7) is 11.6. The van der Waals surface area contributed by atoms with Crippen molar-refractivity contribution in [3.05, 3.63) is 34.9 Å². The number of hydrogen-bond donors (Lipinski definition) is 2. The minimum atomic E-state index is -1.02. The molecule has 0 fully saturated rings. The third kappa shape index (κ3) is 10.2. The molecule has 1 rings (SSSR count). The van der Waals surface area contributed by atoms with E-state index in [0.29, 0.717) is 24.3 Å². The number of unbranched alkanes of at least 4 members (excludes halogenated alkanes) is 2. The topological polar surface area (TPSA) is 87.7 Å². The van der Waals surface area contributed by atoms with Crippen LogP contribution in [0.3, 0.4) is 0 Å². The Morgan fingerprint density at radius 1 is 1.20 bits per heavy atom. The molecule has 0 spiro atoms. The molecule has 1 aromatic rings.